The maximum Gasteiger partial charge on any atom is 0.287 e. The molecule has 2 aromatic heterocycles. The summed E-state index contributed by atoms with van der Waals surface area (Å²) in [6, 6.07) is 4.68. The maximum absolute atomic E-state index is 12.5. The molecule has 0 saturated heterocycles. The molecule has 130 valence electrons. The van der Waals surface area contributed by atoms with E-state index in [0.29, 0.717) is 16.5 Å². The zero-order valence-corrected chi connectivity index (χ0v) is 14.8. The molecule has 1 aliphatic rings. The maximum atomic E-state index is 12.5. The first-order chi connectivity index (χ1) is 11.9. The number of fused-ring (bicyclic) bond motifs is 1. The summed E-state index contributed by atoms with van der Waals surface area (Å²) in [6.45, 7) is 1.74. The molecule has 2 heterocycles. The summed E-state index contributed by atoms with van der Waals surface area (Å²) in [5.74, 6) is -0.0545. The van der Waals surface area contributed by atoms with Crippen LogP contribution in [-0.4, -0.2) is 29.7 Å². The molecule has 8 nitrogen and oxygen atoms in total. The van der Waals surface area contributed by atoms with Gasteiger partial charge in [-0.05, 0) is 38.0 Å². The lowest BCUT2D eigenvalue weighted by molar-refractivity contribution is 0.0924. The Hall–Kier alpha value is -2.46. The molecule has 0 atom stereocenters. The second-order valence-electron chi connectivity index (χ2n) is 5.81. The number of anilines is 1. The minimum Gasteiger partial charge on any atom is -0.451 e. The molecule has 10 heteroatoms. The SMILES string of the molecule is Cc1c(C(=O)NC2CC2)oc2ccc(S(=O)(=O)Nc3ncns3)cc12. The van der Waals surface area contributed by atoms with Crippen LogP contribution in [0.4, 0.5) is 5.13 Å². The van der Waals surface area contributed by atoms with Crippen LogP contribution in [0, 0.1) is 6.92 Å². The lowest BCUT2D eigenvalue weighted by Gasteiger charge is -2.04. The Morgan fingerprint density at radius 1 is 1.36 bits per heavy atom. The van der Waals surface area contributed by atoms with Crippen LogP contribution < -0.4 is 10.0 Å². The van der Waals surface area contributed by atoms with Crippen molar-refractivity contribution in [2.75, 3.05) is 4.72 Å². The predicted octanol–water partition coefficient (Wildman–Crippen LogP) is 2.29. The van der Waals surface area contributed by atoms with Crippen LogP contribution in [0.25, 0.3) is 11.0 Å². The molecule has 0 aliphatic heterocycles. The number of carbonyl (C=O) groups is 1. The lowest BCUT2D eigenvalue weighted by Crippen LogP contribution is -2.25. The van der Waals surface area contributed by atoms with E-state index in [2.05, 4.69) is 19.4 Å². The van der Waals surface area contributed by atoms with Crippen LogP contribution in [0.1, 0.15) is 29.0 Å². The molecule has 1 aliphatic carbocycles. The highest BCUT2D eigenvalue weighted by molar-refractivity contribution is 7.93. The van der Waals surface area contributed by atoms with Crippen molar-refractivity contribution in [3.05, 3.63) is 35.9 Å². The molecule has 4 rings (SSSR count). The summed E-state index contributed by atoms with van der Waals surface area (Å²) in [5.41, 5.74) is 1.08. The van der Waals surface area contributed by atoms with Gasteiger partial charge in [0, 0.05) is 28.5 Å². The van der Waals surface area contributed by atoms with Crippen molar-refractivity contribution in [2.24, 2.45) is 0 Å². The standard InChI is InChI=1S/C15H14N4O4S2/c1-8-11-6-10(25(21,22)19-15-16-7-17-24-15)4-5-12(11)23-13(8)14(20)18-9-2-3-9/h4-7,9H,2-3H2,1H3,(H,18,20)(H,16,17,19). The summed E-state index contributed by atoms with van der Waals surface area (Å²) < 4.78 is 36.7. The van der Waals surface area contributed by atoms with Crippen LogP contribution in [0.5, 0.6) is 0 Å². The van der Waals surface area contributed by atoms with Gasteiger partial charge in [-0.1, -0.05) is 0 Å². The van der Waals surface area contributed by atoms with Gasteiger partial charge in [0.1, 0.15) is 11.9 Å². The smallest absolute Gasteiger partial charge is 0.287 e. The van der Waals surface area contributed by atoms with Crippen molar-refractivity contribution >= 4 is 43.6 Å². The second kappa shape index (κ2) is 5.81. The molecule has 0 unspecified atom stereocenters. The molecule has 0 spiro atoms. The third kappa shape index (κ3) is 3.10. The fraction of sp³-hybridized carbons (Fsp3) is 0.267. The number of nitrogens with one attached hydrogen (secondary N) is 2. The highest BCUT2D eigenvalue weighted by Gasteiger charge is 2.27. The van der Waals surface area contributed by atoms with E-state index in [1.54, 1.807) is 13.0 Å². The molecule has 1 fully saturated rings. The number of hydrogen-bond donors (Lipinski definition) is 2. The lowest BCUT2D eigenvalue weighted by atomic mass is 10.1. The van der Waals surface area contributed by atoms with E-state index in [1.807, 2.05) is 0 Å². The van der Waals surface area contributed by atoms with Gasteiger partial charge in [0.15, 0.2) is 5.76 Å². The van der Waals surface area contributed by atoms with E-state index in [9.17, 15) is 13.2 Å². The van der Waals surface area contributed by atoms with Gasteiger partial charge < -0.3 is 9.73 Å². The molecule has 2 N–H and O–H groups in total. The van der Waals surface area contributed by atoms with E-state index >= 15 is 0 Å². The Morgan fingerprint density at radius 2 is 2.16 bits per heavy atom. The molecule has 1 amide bonds. The molecule has 3 aromatic rings. The summed E-state index contributed by atoms with van der Waals surface area (Å²) in [7, 11) is -3.80. The Bertz CT molecular complexity index is 1050. The summed E-state index contributed by atoms with van der Waals surface area (Å²) in [6.07, 6.45) is 3.23. The fourth-order valence-corrected chi connectivity index (χ4v) is 4.14. The van der Waals surface area contributed by atoms with Crippen molar-refractivity contribution < 1.29 is 17.6 Å². The zero-order chi connectivity index (χ0) is 17.6. The van der Waals surface area contributed by atoms with Gasteiger partial charge in [0.2, 0.25) is 5.13 Å². The summed E-state index contributed by atoms with van der Waals surface area (Å²) >= 11 is 0.948. The predicted molar refractivity (Wildman–Crippen MR) is 92.2 cm³/mol. The van der Waals surface area contributed by atoms with Crippen LogP contribution in [0.15, 0.2) is 33.8 Å². The minimum absolute atomic E-state index is 0.0632. The van der Waals surface area contributed by atoms with Crippen LogP contribution in [-0.2, 0) is 10.0 Å². The van der Waals surface area contributed by atoms with Gasteiger partial charge in [-0.25, -0.2) is 13.4 Å². The molecular formula is C15H14N4O4S2. The van der Waals surface area contributed by atoms with Crippen molar-refractivity contribution in [2.45, 2.75) is 30.7 Å². The highest BCUT2D eigenvalue weighted by atomic mass is 32.2. The van der Waals surface area contributed by atoms with Gasteiger partial charge in [0.25, 0.3) is 15.9 Å². The van der Waals surface area contributed by atoms with E-state index < -0.39 is 10.0 Å². The molecule has 0 bridgehead atoms. The van der Waals surface area contributed by atoms with E-state index in [0.717, 1.165) is 24.4 Å². The summed E-state index contributed by atoms with van der Waals surface area (Å²) in [5, 5.41) is 3.64. The van der Waals surface area contributed by atoms with Gasteiger partial charge >= 0.3 is 0 Å². The van der Waals surface area contributed by atoms with Crippen LogP contribution >= 0.6 is 11.5 Å². The zero-order valence-electron chi connectivity index (χ0n) is 13.1. The first kappa shape index (κ1) is 16.0. The number of sulfonamides is 1. The van der Waals surface area contributed by atoms with Gasteiger partial charge in [-0.3, -0.25) is 9.52 Å². The van der Waals surface area contributed by atoms with Crippen molar-refractivity contribution in [3.8, 4) is 0 Å². The number of nitrogens with zero attached hydrogens (tertiary/aromatic N) is 2. The Labute approximate surface area is 147 Å². The van der Waals surface area contributed by atoms with Gasteiger partial charge in [-0.2, -0.15) is 4.37 Å². The Morgan fingerprint density at radius 3 is 2.84 bits per heavy atom. The molecular weight excluding hydrogens is 364 g/mol. The monoisotopic (exact) mass is 378 g/mol. The topological polar surface area (TPSA) is 114 Å². The molecule has 0 radical (unpaired) electrons. The Balaban J connectivity index is 1.69. The van der Waals surface area contributed by atoms with Crippen molar-refractivity contribution in [1.29, 1.82) is 0 Å². The average molecular weight is 378 g/mol. The number of hydrogen-bond acceptors (Lipinski definition) is 7. The van der Waals surface area contributed by atoms with Crippen LogP contribution in [0.3, 0.4) is 0 Å². The number of aryl methyl sites for hydroxylation is 1. The minimum atomic E-state index is -3.80. The summed E-state index contributed by atoms with van der Waals surface area (Å²) in [4.78, 5) is 16.1. The number of benzene rings is 1. The van der Waals surface area contributed by atoms with Crippen molar-refractivity contribution in [3.63, 3.8) is 0 Å². The quantitative estimate of drug-likeness (QED) is 0.704. The van der Waals surface area contributed by atoms with Crippen molar-refractivity contribution in [1.82, 2.24) is 14.7 Å². The third-order valence-corrected chi connectivity index (χ3v) is 5.97. The first-order valence-electron chi connectivity index (χ1n) is 7.57. The van der Waals surface area contributed by atoms with E-state index in [-0.39, 0.29) is 27.7 Å². The number of rotatable bonds is 5. The van der Waals surface area contributed by atoms with Gasteiger partial charge in [0.05, 0.1) is 4.90 Å². The molecule has 1 saturated carbocycles. The normalized spacial score (nSPS) is 14.6. The largest absolute Gasteiger partial charge is 0.451 e. The number of aromatic nitrogens is 2. The average Bonchev–Trinajstić information content (AvgIpc) is 3.12. The molecule has 25 heavy (non-hydrogen) atoms. The van der Waals surface area contributed by atoms with E-state index in [1.165, 1.54) is 18.5 Å². The third-order valence-electron chi connectivity index (χ3n) is 3.92. The number of furan rings is 1. The fourth-order valence-electron chi connectivity index (χ4n) is 2.45. The second-order valence-corrected chi connectivity index (χ2v) is 8.28. The first-order valence-corrected chi connectivity index (χ1v) is 9.83. The number of amides is 1. The van der Waals surface area contributed by atoms with Gasteiger partial charge in [-0.15, -0.1) is 0 Å². The van der Waals surface area contributed by atoms with Crippen LogP contribution in [0.2, 0.25) is 0 Å². The Kier molecular flexibility index (Phi) is 3.73. The molecule has 1 aromatic carbocycles. The highest BCUT2D eigenvalue weighted by Crippen LogP contribution is 2.29. The number of carbonyl (C=O) groups excluding carboxylic acids is 1. The van der Waals surface area contributed by atoms with E-state index in [4.69, 9.17) is 4.42 Å².